The van der Waals surface area contributed by atoms with Crippen LogP contribution in [0.15, 0.2) is 34.9 Å². The Morgan fingerprint density at radius 3 is 2.40 bits per heavy atom. The van der Waals surface area contributed by atoms with Gasteiger partial charge in [0, 0.05) is 39.3 Å². The number of hydrogen-bond acceptors (Lipinski definition) is 6. The van der Waals surface area contributed by atoms with Crippen LogP contribution in [0, 0.1) is 0 Å². The fraction of sp³-hybridized carbons (Fsp3) is 0.476. The molecule has 2 aromatic rings. The smallest absolute Gasteiger partial charge is 0.291 e. The zero-order valence-corrected chi connectivity index (χ0v) is 17.7. The van der Waals surface area contributed by atoms with Gasteiger partial charge in [-0.25, -0.2) is 0 Å². The first-order valence-corrected chi connectivity index (χ1v) is 11.2. The van der Waals surface area contributed by atoms with Crippen LogP contribution < -0.4 is 5.32 Å². The third kappa shape index (κ3) is 4.91. The number of amides is 3. The number of anilines is 1. The molecule has 160 valence electrons. The number of nitrogens with zero attached hydrogens (tertiary/aromatic N) is 3. The molecule has 2 saturated heterocycles. The van der Waals surface area contributed by atoms with Gasteiger partial charge in [0.2, 0.25) is 5.91 Å². The minimum absolute atomic E-state index is 0.0412. The maximum Gasteiger partial charge on any atom is 0.291 e. The third-order valence-electron chi connectivity index (χ3n) is 5.53. The predicted octanol–water partition coefficient (Wildman–Crippen LogP) is 2.36. The number of hydrogen-bond donors (Lipinski definition) is 1. The summed E-state index contributed by atoms with van der Waals surface area (Å²) in [7, 11) is 0. The lowest BCUT2D eigenvalue weighted by Crippen LogP contribution is -2.51. The second kappa shape index (κ2) is 9.44. The van der Waals surface area contributed by atoms with E-state index in [9.17, 15) is 14.4 Å². The molecule has 2 aliphatic heterocycles. The molecule has 3 amide bonds. The Labute approximate surface area is 179 Å². The quantitative estimate of drug-likeness (QED) is 0.787. The van der Waals surface area contributed by atoms with E-state index in [1.807, 2.05) is 9.80 Å². The van der Waals surface area contributed by atoms with Crippen LogP contribution in [0.1, 0.15) is 39.5 Å². The van der Waals surface area contributed by atoms with Gasteiger partial charge in [-0.3, -0.25) is 19.3 Å². The van der Waals surface area contributed by atoms with Crippen molar-refractivity contribution >= 4 is 34.1 Å². The molecule has 1 N–H and O–H groups in total. The van der Waals surface area contributed by atoms with E-state index in [-0.39, 0.29) is 23.5 Å². The topological polar surface area (TPSA) is 86.1 Å². The average Bonchev–Trinajstić information content (AvgIpc) is 3.47. The van der Waals surface area contributed by atoms with Crippen molar-refractivity contribution in [1.29, 1.82) is 0 Å². The minimum atomic E-state index is -0.340. The molecule has 0 atom stereocenters. The van der Waals surface area contributed by atoms with Crippen LogP contribution in [0.25, 0.3) is 0 Å². The third-order valence-corrected chi connectivity index (χ3v) is 6.51. The van der Waals surface area contributed by atoms with E-state index < -0.39 is 0 Å². The highest BCUT2D eigenvalue weighted by atomic mass is 32.1. The van der Waals surface area contributed by atoms with E-state index in [0.717, 1.165) is 25.9 Å². The Morgan fingerprint density at radius 1 is 0.933 bits per heavy atom. The number of rotatable bonds is 5. The maximum absolute atomic E-state index is 12.8. The van der Waals surface area contributed by atoms with Crippen LogP contribution in [-0.4, -0.2) is 78.2 Å². The van der Waals surface area contributed by atoms with Crippen LogP contribution in [0.5, 0.6) is 0 Å². The van der Waals surface area contributed by atoms with Crippen molar-refractivity contribution in [2.75, 3.05) is 51.1 Å². The highest BCUT2D eigenvalue weighted by Gasteiger charge is 2.26. The maximum atomic E-state index is 12.8. The molecular weight excluding hydrogens is 404 g/mol. The van der Waals surface area contributed by atoms with Gasteiger partial charge in [0.25, 0.3) is 11.8 Å². The first-order valence-electron chi connectivity index (χ1n) is 10.3. The molecule has 0 radical (unpaired) electrons. The van der Waals surface area contributed by atoms with E-state index >= 15 is 0 Å². The van der Waals surface area contributed by atoms with Gasteiger partial charge in [0.05, 0.1) is 22.7 Å². The van der Waals surface area contributed by atoms with Crippen LogP contribution in [0.2, 0.25) is 0 Å². The number of piperidine rings is 1. The normalized spacial score (nSPS) is 17.7. The van der Waals surface area contributed by atoms with Gasteiger partial charge in [-0.15, -0.1) is 11.3 Å². The summed E-state index contributed by atoms with van der Waals surface area (Å²) in [4.78, 5) is 43.8. The van der Waals surface area contributed by atoms with Crippen LogP contribution in [0.4, 0.5) is 5.00 Å². The number of carbonyl (C=O) groups is 3. The summed E-state index contributed by atoms with van der Waals surface area (Å²) in [6.07, 6.45) is 4.84. The zero-order valence-electron chi connectivity index (χ0n) is 16.8. The summed E-state index contributed by atoms with van der Waals surface area (Å²) in [6.45, 7) is 4.75. The molecule has 0 saturated carbocycles. The zero-order chi connectivity index (χ0) is 20.9. The molecule has 2 aliphatic rings. The average molecular weight is 431 g/mol. The Morgan fingerprint density at radius 2 is 1.70 bits per heavy atom. The Kier molecular flexibility index (Phi) is 6.49. The molecule has 9 heteroatoms. The molecular formula is C21H26N4O4S. The Bertz CT molecular complexity index is 881. The highest BCUT2D eigenvalue weighted by molar-refractivity contribution is 7.18. The van der Waals surface area contributed by atoms with Gasteiger partial charge in [0.15, 0.2) is 5.76 Å². The minimum Gasteiger partial charge on any atom is -0.459 e. The van der Waals surface area contributed by atoms with Crippen LogP contribution in [0.3, 0.4) is 0 Å². The van der Waals surface area contributed by atoms with Crippen LogP contribution in [-0.2, 0) is 4.79 Å². The van der Waals surface area contributed by atoms with Crippen molar-refractivity contribution in [3.8, 4) is 0 Å². The van der Waals surface area contributed by atoms with E-state index in [0.29, 0.717) is 42.6 Å². The van der Waals surface area contributed by atoms with E-state index in [1.54, 1.807) is 24.3 Å². The lowest BCUT2D eigenvalue weighted by molar-refractivity contribution is -0.133. The largest absolute Gasteiger partial charge is 0.459 e. The summed E-state index contributed by atoms with van der Waals surface area (Å²) in [5.74, 6) is 0.0458. The second-order valence-corrected chi connectivity index (χ2v) is 8.69. The number of piperazine rings is 1. The Balaban J connectivity index is 1.25. The first-order chi connectivity index (χ1) is 14.6. The number of carbonyl (C=O) groups excluding carboxylic acids is 3. The first kappa shape index (κ1) is 20.6. The summed E-state index contributed by atoms with van der Waals surface area (Å²) in [5, 5.41) is 3.35. The van der Waals surface area contributed by atoms with Gasteiger partial charge < -0.3 is 19.5 Å². The SMILES string of the molecule is O=C(Nc1ccc(C(=O)N2CCN(CC(=O)N3CCCCC3)CC2)s1)c1ccco1. The molecule has 0 aliphatic carbocycles. The van der Waals surface area contributed by atoms with E-state index in [2.05, 4.69) is 10.2 Å². The summed E-state index contributed by atoms with van der Waals surface area (Å²) >= 11 is 1.25. The molecule has 0 unspecified atom stereocenters. The molecule has 30 heavy (non-hydrogen) atoms. The number of furan rings is 1. The van der Waals surface area contributed by atoms with Gasteiger partial charge in [0.1, 0.15) is 0 Å². The molecule has 4 heterocycles. The van der Waals surface area contributed by atoms with Crippen molar-refractivity contribution in [2.24, 2.45) is 0 Å². The molecule has 2 aromatic heterocycles. The van der Waals surface area contributed by atoms with E-state index in [1.165, 1.54) is 24.0 Å². The number of likely N-dealkylation sites (tertiary alicyclic amines) is 1. The fourth-order valence-electron chi connectivity index (χ4n) is 3.80. The second-order valence-electron chi connectivity index (χ2n) is 7.61. The van der Waals surface area contributed by atoms with Crippen molar-refractivity contribution in [2.45, 2.75) is 19.3 Å². The summed E-state index contributed by atoms with van der Waals surface area (Å²) in [5.41, 5.74) is 0. The lowest BCUT2D eigenvalue weighted by atomic mass is 10.1. The van der Waals surface area contributed by atoms with Crippen molar-refractivity contribution in [1.82, 2.24) is 14.7 Å². The molecule has 0 spiro atoms. The highest BCUT2D eigenvalue weighted by Crippen LogP contribution is 2.24. The van der Waals surface area contributed by atoms with Crippen molar-refractivity contribution < 1.29 is 18.8 Å². The van der Waals surface area contributed by atoms with Crippen LogP contribution >= 0.6 is 11.3 Å². The predicted molar refractivity (Wildman–Crippen MR) is 114 cm³/mol. The monoisotopic (exact) mass is 430 g/mol. The van der Waals surface area contributed by atoms with Gasteiger partial charge in [-0.1, -0.05) is 0 Å². The molecule has 0 aromatic carbocycles. The summed E-state index contributed by atoms with van der Waals surface area (Å²) in [6, 6.07) is 6.70. The van der Waals surface area contributed by atoms with Crippen molar-refractivity contribution in [3.05, 3.63) is 41.2 Å². The van der Waals surface area contributed by atoms with Gasteiger partial charge >= 0.3 is 0 Å². The molecule has 2 fully saturated rings. The Hall–Kier alpha value is -2.65. The molecule has 0 bridgehead atoms. The van der Waals surface area contributed by atoms with Gasteiger partial charge in [-0.05, 0) is 43.5 Å². The van der Waals surface area contributed by atoms with Gasteiger partial charge in [-0.2, -0.15) is 0 Å². The fourth-order valence-corrected chi connectivity index (χ4v) is 4.67. The summed E-state index contributed by atoms with van der Waals surface area (Å²) < 4.78 is 5.08. The van der Waals surface area contributed by atoms with E-state index in [4.69, 9.17) is 4.42 Å². The molecule has 4 rings (SSSR count). The van der Waals surface area contributed by atoms with Crippen molar-refractivity contribution in [3.63, 3.8) is 0 Å². The molecule has 8 nitrogen and oxygen atoms in total. The standard InChI is InChI=1S/C21H26N4O4S/c26-19(24-8-2-1-3-9-24)15-23-10-12-25(13-11-23)21(28)17-6-7-18(30-17)22-20(27)16-5-4-14-29-16/h4-7,14H,1-3,8-13,15H2,(H,22,27). The number of nitrogens with one attached hydrogen (secondary N) is 1. The lowest BCUT2D eigenvalue weighted by Gasteiger charge is -2.35. The number of thiophene rings is 1.